The first-order chi connectivity index (χ1) is 11.6. The van der Waals surface area contributed by atoms with E-state index in [1.54, 1.807) is 25.7 Å². The fourth-order valence-corrected chi connectivity index (χ4v) is 2.73. The number of alkyl halides is 3. The molecule has 0 aromatic heterocycles. The van der Waals surface area contributed by atoms with Crippen molar-refractivity contribution in [3.05, 3.63) is 29.8 Å². The molecule has 1 aliphatic heterocycles. The first-order valence-electron chi connectivity index (χ1n) is 8.33. The minimum absolute atomic E-state index is 0.0254. The summed E-state index contributed by atoms with van der Waals surface area (Å²) in [5.74, 6) is -0.202. The SMILES string of the molecule is CC(C)(C)OC(=O)N1CCC[C@@H](COc2ccccc2C(F)(F)F)C1. The van der Waals surface area contributed by atoms with Crippen molar-refractivity contribution in [2.24, 2.45) is 5.92 Å². The van der Waals surface area contributed by atoms with Gasteiger partial charge in [-0.25, -0.2) is 4.79 Å². The lowest BCUT2D eigenvalue weighted by Gasteiger charge is -2.34. The number of piperidine rings is 1. The number of hydrogen-bond acceptors (Lipinski definition) is 3. The second-order valence-electron chi connectivity index (χ2n) is 7.24. The van der Waals surface area contributed by atoms with Crippen LogP contribution in [0.15, 0.2) is 24.3 Å². The maximum absolute atomic E-state index is 13.0. The van der Waals surface area contributed by atoms with Crippen molar-refractivity contribution in [1.29, 1.82) is 0 Å². The zero-order valence-electron chi connectivity index (χ0n) is 14.7. The molecule has 1 saturated heterocycles. The van der Waals surface area contributed by atoms with Gasteiger partial charge >= 0.3 is 12.3 Å². The Morgan fingerprint density at radius 3 is 2.56 bits per heavy atom. The lowest BCUT2D eigenvalue weighted by atomic mass is 9.99. The monoisotopic (exact) mass is 359 g/mol. The molecule has 1 heterocycles. The van der Waals surface area contributed by atoms with Crippen LogP contribution in [0.1, 0.15) is 39.2 Å². The average Bonchev–Trinajstić information content (AvgIpc) is 2.51. The Morgan fingerprint density at radius 1 is 1.24 bits per heavy atom. The van der Waals surface area contributed by atoms with Gasteiger partial charge in [-0.15, -0.1) is 0 Å². The van der Waals surface area contributed by atoms with Gasteiger partial charge in [-0.05, 0) is 45.7 Å². The van der Waals surface area contributed by atoms with Crippen LogP contribution in [0, 0.1) is 5.92 Å². The molecule has 2 rings (SSSR count). The number of carbonyl (C=O) groups excluding carboxylic acids is 1. The standard InChI is InChI=1S/C18H24F3NO3/c1-17(2,3)25-16(23)22-10-6-7-13(11-22)12-24-15-9-5-4-8-14(15)18(19,20)21/h4-5,8-9,13H,6-7,10-12H2,1-3H3/t13-/m1/s1. The van der Waals surface area contributed by atoms with Crippen LogP contribution in [-0.2, 0) is 10.9 Å². The van der Waals surface area contributed by atoms with Crippen LogP contribution in [0.2, 0.25) is 0 Å². The van der Waals surface area contributed by atoms with Crippen molar-refractivity contribution >= 4 is 6.09 Å². The van der Waals surface area contributed by atoms with E-state index in [1.807, 2.05) is 0 Å². The average molecular weight is 359 g/mol. The summed E-state index contributed by atoms with van der Waals surface area (Å²) in [6, 6.07) is 5.17. The Hall–Kier alpha value is -1.92. The Bertz CT molecular complexity index is 596. The van der Waals surface area contributed by atoms with Crippen LogP contribution in [0.3, 0.4) is 0 Å². The minimum Gasteiger partial charge on any atom is -0.493 e. The number of para-hydroxylation sites is 1. The van der Waals surface area contributed by atoms with E-state index < -0.39 is 23.4 Å². The summed E-state index contributed by atoms with van der Waals surface area (Å²) in [4.78, 5) is 13.7. The Balaban J connectivity index is 1.95. The number of carbonyl (C=O) groups is 1. The smallest absolute Gasteiger partial charge is 0.419 e. The van der Waals surface area contributed by atoms with E-state index in [-0.39, 0.29) is 18.3 Å². The maximum Gasteiger partial charge on any atom is 0.419 e. The van der Waals surface area contributed by atoms with Crippen molar-refractivity contribution in [1.82, 2.24) is 4.90 Å². The Kier molecular flexibility index (Phi) is 5.85. The lowest BCUT2D eigenvalue weighted by Crippen LogP contribution is -2.44. The highest BCUT2D eigenvalue weighted by molar-refractivity contribution is 5.68. The van der Waals surface area contributed by atoms with E-state index in [4.69, 9.17) is 9.47 Å². The maximum atomic E-state index is 13.0. The molecular weight excluding hydrogens is 335 g/mol. The number of nitrogens with zero attached hydrogens (tertiary/aromatic N) is 1. The molecule has 4 nitrogen and oxygen atoms in total. The van der Waals surface area contributed by atoms with Gasteiger partial charge in [0.15, 0.2) is 0 Å². The molecule has 1 amide bonds. The summed E-state index contributed by atoms with van der Waals surface area (Å²) in [6.45, 7) is 6.52. The van der Waals surface area contributed by atoms with E-state index in [1.165, 1.54) is 18.2 Å². The van der Waals surface area contributed by atoms with Crippen molar-refractivity contribution in [2.45, 2.75) is 45.4 Å². The molecule has 1 aromatic carbocycles. The van der Waals surface area contributed by atoms with Crippen molar-refractivity contribution in [2.75, 3.05) is 19.7 Å². The molecule has 1 aromatic rings. The van der Waals surface area contributed by atoms with Crippen LogP contribution >= 0.6 is 0 Å². The van der Waals surface area contributed by atoms with Gasteiger partial charge in [0.05, 0.1) is 12.2 Å². The summed E-state index contributed by atoms with van der Waals surface area (Å²) < 4.78 is 49.8. The summed E-state index contributed by atoms with van der Waals surface area (Å²) in [7, 11) is 0. The fraction of sp³-hybridized carbons (Fsp3) is 0.611. The van der Waals surface area contributed by atoms with E-state index in [0.29, 0.717) is 13.1 Å². The molecule has 1 fully saturated rings. The molecule has 0 bridgehead atoms. The van der Waals surface area contributed by atoms with Crippen LogP contribution in [0.5, 0.6) is 5.75 Å². The molecular formula is C18H24F3NO3. The number of rotatable bonds is 3. The second-order valence-corrected chi connectivity index (χ2v) is 7.24. The van der Waals surface area contributed by atoms with E-state index in [2.05, 4.69) is 0 Å². The summed E-state index contributed by atoms with van der Waals surface area (Å²) in [5, 5.41) is 0. The number of benzene rings is 1. The Morgan fingerprint density at radius 2 is 1.92 bits per heavy atom. The molecule has 1 aliphatic rings. The van der Waals surface area contributed by atoms with Gasteiger partial charge in [-0.1, -0.05) is 12.1 Å². The molecule has 0 saturated carbocycles. The highest BCUT2D eigenvalue weighted by atomic mass is 19.4. The highest BCUT2D eigenvalue weighted by Gasteiger charge is 2.34. The molecule has 25 heavy (non-hydrogen) atoms. The summed E-state index contributed by atoms with van der Waals surface area (Å²) in [6.07, 6.45) is -3.28. The first-order valence-corrected chi connectivity index (χ1v) is 8.33. The first kappa shape index (κ1) is 19.4. The largest absolute Gasteiger partial charge is 0.493 e. The zero-order valence-corrected chi connectivity index (χ0v) is 14.7. The predicted molar refractivity (Wildman–Crippen MR) is 87.5 cm³/mol. The van der Waals surface area contributed by atoms with Gasteiger partial charge < -0.3 is 14.4 Å². The fourth-order valence-electron chi connectivity index (χ4n) is 2.73. The van der Waals surface area contributed by atoms with Gasteiger partial charge in [-0.2, -0.15) is 13.2 Å². The molecule has 0 unspecified atom stereocenters. The molecule has 0 N–H and O–H groups in total. The van der Waals surface area contributed by atoms with Crippen LogP contribution < -0.4 is 4.74 Å². The van der Waals surface area contributed by atoms with E-state index in [0.717, 1.165) is 18.9 Å². The van der Waals surface area contributed by atoms with Gasteiger partial charge in [0, 0.05) is 19.0 Å². The Labute approximate surface area is 145 Å². The van der Waals surface area contributed by atoms with E-state index in [9.17, 15) is 18.0 Å². The zero-order chi connectivity index (χ0) is 18.7. The third-order valence-electron chi connectivity index (χ3n) is 3.84. The third-order valence-corrected chi connectivity index (χ3v) is 3.84. The number of hydrogen-bond donors (Lipinski definition) is 0. The lowest BCUT2D eigenvalue weighted by molar-refractivity contribution is -0.139. The van der Waals surface area contributed by atoms with Crippen LogP contribution in [0.25, 0.3) is 0 Å². The molecule has 0 aliphatic carbocycles. The second kappa shape index (κ2) is 7.54. The van der Waals surface area contributed by atoms with E-state index >= 15 is 0 Å². The van der Waals surface area contributed by atoms with Gasteiger partial charge in [0.25, 0.3) is 0 Å². The quantitative estimate of drug-likeness (QED) is 0.783. The summed E-state index contributed by atoms with van der Waals surface area (Å²) >= 11 is 0. The number of ether oxygens (including phenoxy) is 2. The van der Waals surface area contributed by atoms with Gasteiger partial charge in [-0.3, -0.25) is 0 Å². The third kappa shape index (κ3) is 5.83. The van der Waals surface area contributed by atoms with Crippen LogP contribution in [-0.4, -0.2) is 36.3 Å². The number of likely N-dealkylation sites (tertiary alicyclic amines) is 1. The molecule has 140 valence electrons. The molecule has 7 heteroatoms. The predicted octanol–water partition coefficient (Wildman–Crippen LogP) is 4.73. The van der Waals surface area contributed by atoms with Gasteiger partial charge in [0.1, 0.15) is 11.4 Å². The molecule has 1 atom stereocenters. The minimum atomic E-state index is -4.45. The van der Waals surface area contributed by atoms with Gasteiger partial charge in [0.2, 0.25) is 0 Å². The van der Waals surface area contributed by atoms with Crippen LogP contribution in [0.4, 0.5) is 18.0 Å². The number of halogens is 3. The number of amides is 1. The van der Waals surface area contributed by atoms with Crippen molar-refractivity contribution in [3.63, 3.8) is 0 Å². The summed E-state index contributed by atoms with van der Waals surface area (Å²) in [5.41, 5.74) is -1.36. The highest BCUT2D eigenvalue weighted by Crippen LogP contribution is 2.36. The normalized spacial score (nSPS) is 18.8. The molecule has 0 spiro atoms. The van der Waals surface area contributed by atoms with Crippen molar-refractivity contribution < 1.29 is 27.4 Å². The molecule has 0 radical (unpaired) electrons. The van der Waals surface area contributed by atoms with Crippen molar-refractivity contribution in [3.8, 4) is 5.75 Å². The topological polar surface area (TPSA) is 38.8 Å².